The molecular weight excluding hydrogens is 330 g/mol. The summed E-state index contributed by atoms with van der Waals surface area (Å²) in [5.74, 6) is -1.52. The van der Waals surface area contributed by atoms with Crippen molar-refractivity contribution in [2.24, 2.45) is 0 Å². The van der Waals surface area contributed by atoms with Gasteiger partial charge in [-0.15, -0.1) is 0 Å². The third kappa shape index (κ3) is 15.9. The van der Waals surface area contributed by atoms with Gasteiger partial charge in [0.2, 0.25) is 5.91 Å². The fraction of sp³-hybridized carbons (Fsp3) is 0.714. The minimum absolute atomic E-state index is 0.308. The summed E-state index contributed by atoms with van der Waals surface area (Å²) in [5, 5.41) is 19.9. The summed E-state index contributed by atoms with van der Waals surface area (Å²) in [6.45, 7) is 1.64. The van der Waals surface area contributed by atoms with E-state index in [0.29, 0.717) is 6.42 Å². The quantitative estimate of drug-likeness (QED) is 0.263. The first-order chi connectivity index (χ1) is 12.6. The van der Waals surface area contributed by atoms with Crippen LogP contribution in [-0.4, -0.2) is 34.7 Å². The van der Waals surface area contributed by atoms with Gasteiger partial charge in [0.05, 0.1) is 6.61 Å². The fourth-order valence-corrected chi connectivity index (χ4v) is 2.55. The third-order valence-corrected chi connectivity index (χ3v) is 4.17. The molecule has 0 radical (unpaired) electrons. The third-order valence-electron chi connectivity index (χ3n) is 4.17. The highest BCUT2D eigenvalue weighted by molar-refractivity contribution is 5.83. The van der Waals surface area contributed by atoms with E-state index in [1.807, 2.05) is 0 Å². The first-order valence-electron chi connectivity index (χ1n) is 10.0. The molecule has 1 unspecified atom stereocenters. The van der Waals surface area contributed by atoms with Gasteiger partial charge in [-0.05, 0) is 38.5 Å². The van der Waals surface area contributed by atoms with Gasteiger partial charge >= 0.3 is 5.97 Å². The molecule has 26 heavy (non-hydrogen) atoms. The molecule has 0 saturated heterocycles. The molecule has 0 bridgehead atoms. The van der Waals surface area contributed by atoms with E-state index >= 15 is 0 Å². The summed E-state index contributed by atoms with van der Waals surface area (Å²) in [6.07, 6.45) is 21.6. The van der Waals surface area contributed by atoms with E-state index in [1.54, 1.807) is 0 Å². The number of amides is 1. The number of rotatable bonds is 17. The van der Waals surface area contributed by atoms with Gasteiger partial charge in [0.1, 0.15) is 6.04 Å². The van der Waals surface area contributed by atoms with Crippen LogP contribution >= 0.6 is 0 Å². The van der Waals surface area contributed by atoms with Crippen LogP contribution in [-0.2, 0) is 9.59 Å². The molecule has 0 aliphatic heterocycles. The second-order valence-electron chi connectivity index (χ2n) is 6.62. The number of nitrogens with one attached hydrogen (secondary N) is 1. The van der Waals surface area contributed by atoms with E-state index < -0.39 is 18.6 Å². The largest absolute Gasteiger partial charge is 0.480 e. The number of hydrogen-bond acceptors (Lipinski definition) is 3. The topological polar surface area (TPSA) is 86.6 Å². The number of carbonyl (C=O) groups is 2. The lowest BCUT2D eigenvalue weighted by Gasteiger charge is -2.11. The molecule has 0 aromatic rings. The molecule has 0 spiro atoms. The summed E-state index contributed by atoms with van der Waals surface area (Å²) in [6, 6.07) is -1.19. The van der Waals surface area contributed by atoms with E-state index in [-0.39, 0.29) is 5.91 Å². The highest BCUT2D eigenvalue weighted by Gasteiger charge is 2.17. The van der Waals surface area contributed by atoms with Crippen LogP contribution in [0, 0.1) is 0 Å². The van der Waals surface area contributed by atoms with Gasteiger partial charge in [0.15, 0.2) is 0 Å². The minimum Gasteiger partial charge on any atom is -0.480 e. The lowest BCUT2D eigenvalue weighted by molar-refractivity contribution is -0.142. The van der Waals surface area contributed by atoms with Crippen molar-refractivity contribution in [3.8, 4) is 0 Å². The molecule has 5 heteroatoms. The molecular formula is C21H37NO4. The standard InChI is InChI=1S/C21H37NO4/c1-2-3-4-5-6-7-8-9-10-11-12-13-14-15-16-17-20(24)22-19(18-23)21(25)26/h6-7,9-10,19,23H,2-5,8,11-18H2,1H3,(H,22,24)(H,25,26)/b7-6-,10-9-. The fourth-order valence-electron chi connectivity index (χ4n) is 2.55. The van der Waals surface area contributed by atoms with E-state index in [4.69, 9.17) is 10.2 Å². The van der Waals surface area contributed by atoms with Gasteiger partial charge < -0.3 is 15.5 Å². The molecule has 5 nitrogen and oxygen atoms in total. The van der Waals surface area contributed by atoms with Gasteiger partial charge in [-0.2, -0.15) is 0 Å². The molecule has 0 aromatic heterocycles. The van der Waals surface area contributed by atoms with Crippen LogP contribution in [0.2, 0.25) is 0 Å². The molecule has 1 atom stereocenters. The molecule has 3 N–H and O–H groups in total. The van der Waals surface area contributed by atoms with E-state index in [1.165, 1.54) is 25.7 Å². The molecule has 1 amide bonds. The predicted octanol–water partition coefficient (Wildman–Crippen LogP) is 4.36. The molecule has 0 fully saturated rings. The molecule has 0 heterocycles. The monoisotopic (exact) mass is 367 g/mol. The summed E-state index contributed by atoms with van der Waals surface area (Å²) in [7, 11) is 0. The normalized spacial score (nSPS) is 12.7. The number of carbonyl (C=O) groups excluding carboxylic acids is 1. The number of aliphatic hydroxyl groups is 1. The number of carboxylic acid groups (broad SMARTS) is 1. The Hall–Kier alpha value is -1.62. The number of hydrogen-bond donors (Lipinski definition) is 3. The molecule has 0 rings (SSSR count). The molecule has 0 saturated carbocycles. The van der Waals surface area contributed by atoms with Crippen LogP contribution in [0.5, 0.6) is 0 Å². The van der Waals surface area contributed by atoms with Gasteiger partial charge in [-0.25, -0.2) is 4.79 Å². The lowest BCUT2D eigenvalue weighted by atomic mass is 10.1. The second-order valence-corrected chi connectivity index (χ2v) is 6.62. The number of carboxylic acids is 1. The smallest absolute Gasteiger partial charge is 0.328 e. The average molecular weight is 368 g/mol. The molecule has 150 valence electrons. The first kappa shape index (κ1) is 24.4. The maximum Gasteiger partial charge on any atom is 0.328 e. The zero-order valence-corrected chi connectivity index (χ0v) is 16.3. The van der Waals surface area contributed by atoms with Crippen molar-refractivity contribution >= 4 is 11.9 Å². The van der Waals surface area contributed by atoms with Crippen LogP contribution in [0.1, 0.15) is 84.0 Å². The second kappa shape index (κ2) is 18.2. The maximum atomic E-state index is 11.6. The van der Waals surface area contributed by atoms with Crippen molar-refractivity contribution in [1.29, 1.82) is 0 Å². The maximum absolute atomic E-state index is 11.6. The lowest BCUT2D eigenvalue weighted by Crippen LogP contribution is -2.43. The Labute approximate surface area is 158 Å². The van der Waals surface area contributed by atoms with Crippen LogP contribution in [0.3, 0.4) is 0 Å². The van der Waals surface area contributed by atoms with Gasteiger partial charge in [0, 0.05) is 6.42 Å². The van der Waals surface area contributed by atoms with E-state index in [9.17, 15) is 9.59 Å². The van der Waals surface area contributed by atoms with Crippen molar-refractivity contribution < 1.29 is 19.8 Å². The molecule has 0 aliphatic carbocycles. The Balaban J connectivity index is 3.44. The predicted molar refractivity (Wildman–Crippen MR) is 106 cm³/mol. The Kier molecular flexibility index (Phi) is 17.0. The Morgan fingerprint density at radius 1 is 0.885 bits per heavy atom. The van der Waals surface area contributed by atoms with Crippen LogP contribution in [0.25, 0.3) is 0 Å². The van der Waals surface area contributed by atoms with E-state index in [0.717, 1.165) is 44.9 Å². The molecule has 0 aromatic carbocycles. The van der Waals surface area contributed by atoms with Crippen LogP contribution in [0.4, 0.5) is 0 Å². The van der Waals surface area contributed by atoms with Gasteiger partial charge in [-0.1, -0.05) is 63.3 Å². The Bertz CT molecular complexity index is 418. The van der Waals surface area contributed by atoms with Crippen molar-refractivity contribution in [3.63, 3.8) is 0 Å². The van der Waals surface area contributed by atoms with Crippen molar-refractivity contribution in [2.45, 2.75) is 90.0 Å². The summed E-state index contributed by atoms with van der Waals surface area (Å²) >= 11 is 0. The SMILES string of the molecule is CCCCC/C=C\C/C=C\CCCCCCCC(=O)NC(CO)C(=O)O. The molecule has 0 aliphatic rings. The highest BCUT2D eigenvalue weighted by atomic mass is 16.4. The van der Waals surface area contributed by atoms with Crippen molar-refractivity contribution in [3.05, 3.63) is 24.3 Å². The first-order valence-corrected chi connectivity index (χ1v) is 10.0. The summed E-state index contributed by atoms with van der Waals surface area (Å²) in [4.78, 5) is 22.2. The number of aliphatic carboxylic acids is 1. The Morgan fingerprint density at radius 2 is 1.46 bits per heavy atom. The Morgan fingerprint density at radius 3 is 2.04 bits per heavy atom. The summed E-state index contributed by atoms with van der Waals surface area (Å²) < 4.78 is 0. The van der Waals surface area contributed by atoms with Crippen molar-refractivity contribution in [2.75, 3.05) is 6.61 Å². The number of allylic oxidation sites excluding steroid dienone is 4. The zero-order valence-electron chi connectivity index (χ0n) is 16.3. The van der Waals surface area contributed by atoms with Crippen LogP contribution in [0.15, 0.2) is 24.3 Å². The van der Waals surface area contributed by atoms with Crippen LogP contribution < -0.4 is 5.32 Å². The zero-order chi connectivity index (χ0) is 19.5. The minimum atomic E-state index is -1.21. The van der Waals surface area contributed by atoms with Gasteiger partial charge in [0.25, 0.3) is 0 Å². The van der Waals surface area contributed by atoms with Gasteiger partial charge in [-0.3, -0.25) is 4.79 Å². The van der Waals surface area contributed by atoms with E-state index in [2.05, 4.69) is 36.5 Å². The van der Waals surface area contributed by atoms with Crippen molar-refractivity contribution in [1.82, 2.24) is 5.32 Å². The number of unbranched alkanes of at least 4 members (excludes halogenated alkanes) is 8. The number of aliphatic hydroxyl groups excluding tert-OH is 1. The summed E-state index contributed by atoms with van der Waals surface area (Å²) in [5.41, 5.74) is 0. The highest BCUT2D eigenvalue weighted by Crippen LogP contribution is 2.08. The average Bonchev–Trinajstić information content (AvgIpc) is 2.62.